The van der Waals surface area contributed by atoms with Gasteiger partial charge in [-0.2, -0.15) is 0 Å². The summed E-state index contributed by atoms with van der Waals surface area (Å²) in [6.07, 6.45) is 0.632. The van der Waals surface area contributed by atoms with Crippen molar-refractivity contribution in [3.05, 3.63) is 46.2 Å². The predicted molar refractivity (Wildman–Crippen MR) is 87.3 cm³/mol. The van der Waals surface area contributed by atoms with Gasteiger partial charge in [0.2, 0.25) is 0 Å². The van der Waals surface area contributed by atoms with E-state index in [4.69, 9.17) is 16.3 Å². The minimum atomic E-state index is -0.386. The van der Waals surface area contributed by atoms with Crippen molar-refractivity contribution in [1.29, 1.82) is 0 Å². The van der Waals surface area contributed by atoms with Crippen molar-refractivity contribution in [3.63, 3.8) is 0 Å². The van der Waals surface area contributed by atoms with Crippen molar-refractivity contribution < 1.29 is 9.53 Å². The molecule has 1 aromatic carbocycles. The van der Waals surface area contributed by atoms with Crippen LogP contribution in [0.25, 0.3) is 11.4 Å². The topological polar surface area (TPSA) is 52.1 Å². The molecule has 0 saturated heterocycles. The Hall–Kier alpha value is -1.94. The van der Waals surface area contributed by atoms with Crippen LogP contribution in [0.5, 0.6) is 0 Å². The van der Waals surface area contributed by atoms with Gasteiger partial charge in [0, 0.05) is 10.6 Å². The third kappa shape index (κ3) is 3.28. The summed E-state index contributed by atoms with van der Waals surface area (Å²) in [5, 5.41) is 0.662. The van der Waals surface area contributed by atoms with Gasteiger partial charge in [-0.05, 0) is 36.6 Å². The van der Waals surface area contributed by atoms with Crippen LogP contribution in [0, 0.1) is 0 Å². The van der Waals surface area contributed by atoms with E-state index in [1.165, 1.54) is 7.11 Å². The lowest BCUT2D eigenvalue weighted by molar-refractivity contribution is 0.0596. The van der Waals surface area contributed by atoms with Crippen molar-refractivity contribution in [2.24, 2.45) is 0 Å². The minimum absolute atomic E-state index is 0.0912. The number of esters is 1. The highest BCUT2D eigenvalue weighted by atomic mass is 35.5. The maximum absolute atomic E-state index is 12.1. The fourth-order valence-electron chi connectivity index (χ4n) is 2.25. The number of halogens is 1. The smallest absolute Gasteiger partial charge is 0.341 e. The van der Waals surface area contributed by atoms with Gasteiger partial charge < -0.3 is 4.74 Å². The Bertz CT molecular complexity index is 682. The van der Waals surface area contributed by atoms with Gasteiger partial charge in [-0.25, -0.2) is 14.8 Å². The van der Waals surface area contributed by atoms with Crippen LogP contribution in [0.1, 0.15) is 48.4 Å². The van der Waals surface area contributed by atoms with E-state index in [0.717, 1.165) is 5.56 Å². The van der Waals surface area contributed by atoms with Gasteiger partial charge in [0.25, 0.3) is 0 Å². The molecule has 2 rings (SSSR count). The molecule has 0 unspecified atom stereocenters. The van der Waals surface area contributed by atoms with Crippen LogP contribution in [-0.2, 0) is 11.2 Å². The fourth-order valence-corrected chi connectivity index (χ4v) is 2.38. The van der Waals surface area contributed by atoms with Gasteiger partial charge in [0.05, 0.1) is 18.5 Å². The molecule has 0 atom stereocenters. The molecule has 2 aromatic rings. The largest absolute Gasteiger partial charge is 0.465 e. The first-order valence-electron chi connectivity index (χ1n) is 7.23. The summed E-state index contributed by atoms with van der Waals surface area (Å²) >= 11 is 5.92. The van der Waals surface area contributed by atoms with E-state index >= 15 is 0 Å². The van der Waals surface area contributed by atoms with E-state index in [2.05, 4.69) is 9.97 Å². The molecule has 0 aliphatic carbocycles. The molecule has 5 heteroatoms. The number of aryl methyl sites for hydroxylation is 1. The number of ether oxygens (including phenoxy) is 1. The molecule has 1 heterocycles. The second-order valence-corrected chi connectivity index (χ2v) is 5.70. The minimum Gasteiger partial charge on any atom is -0.465 e. The van der Waals surface area contributed by atoms with Crippen molar-refractivity contribution in [3.8, 4) is 11.4 Å². The zero-order chi connectivity index (χ0) is 16.3. The number of carbonyl (C=O) groups is 1. The van der Waals surface area contributed by atoms with Crippen LogP contribution in [0.4, 0.5) is 0 Å². The summed E-state index contributed by atoms with van der Waals surface area (Å²) in [5.41, 5.74) is 2.77. The zero-order valence-electron chi connectivity index (χ0n) is 13.2. The molecular formula is C17H19ClN2O2. The monoisotopic (exact) mass is 318 g/mol. The highest BCUT2D eigenvalue weighted by Crippen LogP contribution is 2.26. The van der Waals surface area contributed by atoms with Crippen molar-refractivity contribution in [1.82, 2.24) is 9.97 Å². The molecule has 0 aliphatic rings. The van der Waals surface area contributed by atoms with Gasteiger partial charge in [-0.1, -0.05) is 32.4 Å². The van der Waals surface area contributed by atoms with Crippen LogP contribution in [-0.4, -0.2) is 23.0 Å². The summed E-state index contributed by atoms with van der Waals surface area (Å²) in [7, 11) is 1.37. The number of methoxy groups -OCH3 is 1. The SMILES string of the molecule is CCc1nc(-c2ccc(Cl)cc2)nc(C(C)C)c1C(=O)OC. The van der Waals surface area contributed by atoms with Gasteiger partial charge in [0.1, 0.15) is 5.56 Å². The summed E-state index contributed by atoms with van der Waals surface area (Å²) in [5.74, 6) is 0.307. The molecule has 116 valence electrons. The van der Waals surface area contributed by atoms with Gasteiger partial charge >= 0.3 is 5.97 Å². The van der Waals surface area contributed by atoms with E-state index in [0.29, 0.717) is 34.2 Å². The second-order valence-electron chi connectivity index (χ2n) is 5.26. The summed E-state index contributed by atoms with van der Waals surface area (Å²) in [4.78, 5) is 21.2. The molecule has 4 nitrogen and oxygen atoms in total. The Kier molecular flexibility index (Phi) is 5.14. The Labute approximate surface area is 135 Å². The van der Waals surface area contributed by atoms with E-state index in [-0.39, 0.29) is 11.9 Å². The van der Waals surface area contributed by atoms with Gasteiger partial charge in [-0.15, -0.1) is 0 Å². The van der Waals surface area contributed by atoms with Crippen LogP contribution in [0.15, 0.2) is 24.3 Å². The third-order valence-electron chi connectivity index (χ3n) is 3.39. The molecule has 1 aromatic heterocycles. The van der Waals surface area contributed by atoms with Crippen LogP contribution < -0.4 is 0 Å². The summed E-state index contributed by atoms with van der Waals surface area (Å²) in [6, 6.07) is 7.35. The third-order valence-corrected chi connectivity index (χ3v) is 3.64. The highest BCUT2D eigenvalue weighted by molar-refractivity contribution is 6.30. The van der Waals surface area contributed by atoms with E-state index in [1.807, 2.05) is 32.9 Å². The maximum Gasteiger partial charge on any atom is 0.341 e. The molecule has 0 bridgehead atoms. The van der Waals surface area contributed by atoms with Gasteiger partial charge in [-0.3, -0.25) is 0 Å². The fraction of sp³-hybridized carbons (Fsp3) is 0.353. The standard InChI is InChI=1S/C17H19ClN2O2/c1-5-13-14(17(21)22-4)15(10(2)3)20-16(19-13)11-6-8-12(18)9-7-11/h6-10H,5H2,1-4H3. The van der Waals surface area contributed by atoms with Crippen molar-refractivity contribution in [2.45, 2.75) is 33.1 Å². The molecule has 0 amide bonds. The van der Waals surface area contributed by atoms with Crippen LogP contribution >= 0.6 is 11.6 Å². The quantitative estimate of drug-likeness (QED) is 0.790. The lowest BCUT2D eigenvalue weighted by Gasteiger charge is -2.15. The molecule has 0 saturated carbocycles. The first-order chi connectivity index (χ1) is 10.5. The van der Waals surface area contributed by atoms with Crippen molar-refractivity contribution in [2.75, 3.05) is 7.11 Å². The molecule has 0 fully saturated rings. The lowest BCUT2D eigenvalue weighted by Crippen LogP contribution is -2.15. The van der Waals surface area contributed by atoms with Crippen LogP contribution in [0.3, 0.4) is 0 Å². The molecule has 0 spiro atoms. The Morgan fingerprint density at radius 2 is 1.86 bits per heavy atom. The number of hydrogen-bond donors (Lipinski definition) is 0. The first-order valence-corrected chi connectivity index (χ1v) is 7.60. The normalized spacial score (nSPS) is 10.8. The number of benzene rings is 1. The molecule has 0 aliphatic heterocycles. The van der Waals surface area contributed by atoms with E-state index in [9.17, 15) is 4.79 Å². The average Bonchev–Trinajstić information content (AvgIpc) is 2.53. The molecular weight excluding hydrogens is 300 g/mol. The number of rotatable bonds is 4. The zero-order valence-corrected chi connectivity index (χ0v) is 13.9. The van der Waals surface area contributed by atoms with E-state index in [1.54, 1.807) is 12.1 Å². The van der Waals surface area contributed by atoms with Crippen LogP contribution in [0.2, 0.25) is 5.02 Å². The lowest BCUT2D eigenvalue weighted by atomic mass is 10.0. The number of hydrogen-bond acceptors (Lipinski definition) is 4. The summed E-state index contributed by atoms with van der Waals surface area (Å²) < 4.78 is 4.89. The number of carbonyl (C=O) groups excluding carboxylic acids is 1. The van der Waals surface area contributed by atoms with Gasteiger partial charge in [0.15, 0.2) is 5.82 Å². The molecule has 0 N–H and O–H groups in total. The predicted octanol–water partition coefficient (Wildman–Crippen LogP) is 4.27. The Morgan fingerprint density at radius 3 is 2.36 bits per heavy atom. The Morgan fingerprint density at radius 1 is 1.23 bits per heavy atom. The first kappa shape index (κ1) is 16.4. The number of aromatic nitrogens is 2. The molecule has 22 heavy (non-hydrogen) atoms. The average molecular weight is 319 g/mol. The number of nitrogens with zero attached hydrogens (tertiary/aromatic N) is 2. The second kappa shape index (κ2) is 6.88. The maximum atomic E-state index is 12.1. The molecule has 0 radical (unpaired) electrons. The van der Waals surface area contributed by atoms with E-state index < -0.39 is 0 Å². The summed E-state index contributed by atoms with van der Waals surface area (Å²) in [6.45, 7) is 5.96. The van der Waals surface area contributed by atoms with Crippen molar-refractivity contribution >= 4 is 17.6 Å². The Balaban J connectivity index is 2.66. The highest BCUT2D eigenvalue weighted by Gasteiger charge is 2.22.